The van der Waals surface area contributed by atoms with Gasteiger partial charge in [0.05, 0.1) is 23.0 Å². The molecular formula is C14H9N5S. The number of hydrogen-bond donors (Lipinski definition) is 1. The maximum absolute atomic E-state index is 9.14. The quantitative estimate of drug-likeness (QED) is 0.725. The van der Waals surface area contributed by atoms with E-state index in [9.17, 15) is 0 Å². The fraction of sp³-hybridized carbons (Fsp3) is 0. The van der Waals surface area contributed by atoms with Crippen molar-refractivity contribution in [1.82, 2.24) is 15.0 Å². The van der Waals surface area contributed by atoms with Crippen LogP contribution in [0.1, 0.15) is 5.56 Å². The van der Waals surface area contributed by atoms with Gasteiger partial charge in [-0.2, -0.15) is 5.26 Å². The van der Waals surface area contributed by atoms with E-state index >= 15 is 0 Å². The first-order valence-corrected chi connectivity index (χ1v) is 6.63. The summed E-state index contributed by atoms with van der Waals surface area (Å²) in [6, 6.07) is 11.4. The molecule has 0 aliphatic rings. The topological polar surface area (TPSA) is 88.5 Å². The van der Waals surface area contributed by atoms with E-state index in [1.807, 2.05) is 24.3 Å². The number of nitrogens with two attached hydrogens (primary N) is 1. The Hall–Kier alpha value is -2.65. The molecule has 5 nitrogen and oxygen atoms in total. The van der Waals surface area contributed by atoms with Crippen molar-refractivity contribution >= 4 is 28.4 Å². The zero-order chi connectivity index (χ0) is 13.9. The summed E-state index contributed by atoms with van der Waals surface area (Å²) in [5.74, 6) is 0. The maximum Gasteiger partial charge on any atom is 0.120 e. The van der Waals surface area contributed by atoms with Crippen molar-refractivity contribution in [2.75, 3.05) is 5.73 Å². The molecule has 0 spiro atoms. The fourth-order valence-electron chi connectivity index (χ4n) is 1.78. The number of anilines is 1. The number of rotatable bonds is 2. The standard InChI is InChI=1S/C14H9N5S/c15-6-9-5-10(16)7-17-13(9)20-14-11-3-1-2-4-12(11)18-8-19-14/h1-5,7-8H,16H2. The van der Waals surface area contributed by atoms with Crippen molar-refractivity contribution in [2.45, 2.75) is 10.1 Å². The number of pyridine rings is 1. The lowest BCUT2D eigenvalue weighted by atomic mass is 10.2. The molecule has 1 aromatic carbocycles. The summed E-state index contributed by atoms with van der Waals surface area (Å²) < 4.78 is 0. The smallest absolute Gasteiger partial charge is 0.120 e. The molecule has 0 saturated heterocycles. The average molecular weight is 279 g/mol. The van der Waals surface area contributed by atoms with Crippen LogP contribution in [0.15, 0.2) is 52.9 Å². The van der Waals surface area contributed by atoms with E-state index in [1.165, 1.54) is 24.3 Å². The number of nitriles is 1. The summed E-state index contributed by atoms with van der Waals surface area (Å²) in [6.45, 7) is 0. The Bertz CT molecular complexity index is 820. The van der Waals surface area contributed by atoms with Crippen molar-refractivity contribution in [2.24, 2.45) is 0 Å². The third kappa shape index (κ3) is 2.27. The number of hydrogen-bond acceptors (Lipinski definition) is 6. The monoisotopic (exact) mass is 279 g/mol. The molecule has 2 N–H and O–H groups in total. The maximum atomic E-state index is 9.14. The first-order chi connectivity index (χ1) is 9.78. The highest BCUT2D eigenvalue weighted by atomic mass is 32.2. The molecule has 0 amide bonds. The van der Waals surface area contributed by atoms with Gasteiger partial charge in [0, 0.05) is 5.39 Å². The molecule has 2 heterocycles. The highest BCUT2D eigenvalue weighted by molar-refractivity contribution is 7.99. The Balaban J connectivity index is 2.08. The van der Waals surface area contributed by atoms with Crippen molar-refractivity contribution in [3.63, 3.8) is 0 Å². The number of nitrogen functional groups attached to an aromatic ring is 1. The molecule has 0 aliphatic carbocycles. The second kappa shape index (κ2) is 5.15. The van der Waals surface area contributed by atoms with Crippen LogP contribution >= 0.6 is 11.8 Å². The Morgan fingerprint density at radius 1 is 1.10 bits per heavy atom. The zero-order valence-corrected chi connectivity index (χ0v) is 11.1. The van der Waals surface area contributed by atoms with Gasteiger partial charge in [0.25, 0.3) is 0 Å². The number of benzene rings is 1. The lowest BCUT2D eigenvalue weighted by Crippen LogP contribution is -1.93. The summed E-state index contributed by atoms with van der Waals surface area (Å²) in [5.41, 5.74) is 7.41. The summed E-state index contributed by atoms with van der Waals surface area (Å²) in [6.07, 6.45) is 3.04. The predicted molar refractivity (Wildman–Crippen MR) is 77.0 cm³/mol. The lowest BCUT2D eigenvalue weighted by molar-refractivity contribution is 1.07. The van der Waals surface area contributed by atoms with E-state index in [-0.39, 0.29) is 0 Å². The van der Waals surface area contributed by atoms with Gasteiger partial charge in [-0.25, -0.2) is 15.0 Å². The van der Waals surface area contributed by atoms with Crippen LogP contribution in [0.25, 0.3) is 10.9 Å². The summed E-state index contributed by atoms with van der Waals surface area (Å²) in [5, 5.41) is 11.4. The van der Waals surface area contributed by atoms with Crippen LogP contribution in [0.3, 0.4) is 0 Å². The molecule has 0 saturated carbocycles. The summed E-state index contributed by atoms with van der Waals surface area (Å²) in [7, 11) is 0. The number of fused-ring (bicyclic) bond motifs is 1. The largest absolute Gasteiger partial charge is 0.397 e. The second-order valence-electron chi connectivity index (χ2n) is 4.03. The highest BCUT2D eigenvalue weighted by Crippen LogP contribution is 2.31. The van der Waals surface area contributed by atoms with Crippen LogP contribution in [-0.4, -0.2) is 15.0 Å². The minimum absolute atomic E-state index is 0.442. The van der Waals surface area contributed by atoms with E-state index in [4.69, 9.17) is 11.0 Å². The minimum atomic E-state index is 0.442. The van der Waals surface area contributed by atoms with Gasteiger partial charge in [-0.1, -0.05) is 18.2 Å². The number of aromatic nitrogens is 3. The highest BCUT2D eigenvalue weighted by Gasteiger charge is 2.10. The first-order valence-electron chi connectivity index (χ1n) is 5.81. The molecule has 3 aromatic rings. The lowest BCUT2D eigenvalue weighted by Gasteiger charge is -2.05. The third-order valence-corrected chi connectivity index (χ3v) is 3.73. The van der Waals surface area contributed by atoms with Crippen LogP contribution in [0.2, 0.25) is 0 Å². The van der Waals surface area contributed by atoms with Crippen molar-refractivity contribution in [3.8, 4) is 6.07 Å². The van der Waals surface area contributed by atoms with Gasteiger partial charge in [-0.3, -0.25) is 0 Å². The van der Waals surface area contributed by atoms with Crippen LogP contribution < -0.4 is 5.73 Å². The fourth-order valence-corrected chi connectivity index (χ4v) is 2.67. The Labute approximate surface area is 119 Å². The summed E-state index contributed by atoms with van der Waals surface area (Å²) in [4.78, 5) is 12.7. The van der Waals surface area contributed by atoms with Crippen molar-refractivity contribution in [3.05, 3.63) is 48.4 Å². The predicted octanol–water partition coefficient (Wildman–Crippen LogP) is 2.63. The minimum Gasteiger partial charge on any atom is -0.397 e. The van der Waals surface area contributed by atoms with Crippen LogP contribution in [-0.2, 0) is 0 Å². The molecule has 0 radical (unpaired) electrons. The molecule has 6 heteroatoms. The molecule has 0 fully saturated rings. The van der Waals surface area contributed by atoms with E-state index in [0.29, 0.717) is 16.3 Å². The van der Waals surface area contributed by atoms with Gasteiger partial charge < -0.3 is 5.73 Å². The van der Waals surface area contributed by atoms with Gasteiger partial charge in [0.1, 0.15) is 22.4 Å². The molecule has 3 rings (SSSR count). The van der Waals surface area contributed by atoms with Crippen molar-refractivity contribution in [1.29, 1.82) is 5.26 Å². The van der Waals surface area contributed by atoms with E-state index in [1.54, 1.807) is 6.07 Å². The number of nitrogens with zero attached hydrogens (tertiary/aromatic N) is 4. The average Bonchev–Trinajstić information content (AvgIpc) is 2.49. The molecule has 0 unspecified atom stereocenters. The number of para-hydroxylation sites is 1. The first kappa shape index (κ1) is 12.4. The van der Waals surface area contributed by atoms with Gasteiger partial charge in [-0.05, 0) is 23.9 Å². The zero-order valence-electron chi connectivity index (χ0n) is 10.3. The van der Waals surface area contributed by atoms with E-state index in [2.05, 4.69) is 21.0 Å². The van der Waals surface area contributed by atoms with E-state index < -0.39 is 0 Å². The molecule has 0 bridgehead atoms. The van der Waals surface area contributed by atoms with Gasteiger partial charge >= 0.3 is 0 Å². The van der Waals surface area contributed by atoms with Crippen LogP contribution in [0.4, 0.5) is 5.69 Å². The third-order valence-electron chi connectivity index (χ3n) is 2.69. The molecule has 0 atom stereocenters. The van der Waals surface area contributed by atoms with E-state index in [0.717, 1.165) is 15.9 Å². The second-order valence-corrected chi connectivity index (χ2v) is 5.01. The SMILES string of the molecule is N#Cc1cc(N)cnc1Sc1ncnc2ccccc12. The normalized spacial score (nSPS) is 10.3. The molecule has 20 heavy (non-hydrogen) atoms. The molecule has 96 valence electrons. The van der Waals surface area contributed by atoms with Crippen LogP contribution in [0.5, 0.6) is 0 Å². The summed E-state index contributed by atoms with van der Waals surface area (Å²) >= 11 is 1.34. The van der Waals surface area contributed by atoms with Gasteiger partial charge in [0.15, 0.2) is 0 Å². The molecule has 2 aromatic heterocycles. The Kier molecular flexibility index (Phi) is 3.19. The molecule has 0 aliphatic heterocycles. The Morgan fingerprint density at radius 3 is 2.80 bits per heavy atom. The Morgan fingerprint density at radius 2 is 1.95 bits per heavy atom. The van der Waals surface area contributed by atoms with Gasteiger partial charge in [0.2, 0.25) is 0 Å². The molecular weight excluding hydrogens is 270 g/mol. The van der Waals surface area contributed by atoms with Crippen molar-refractivity contribution < 1.29 is 0 Å². The van der Waals surface area contributed by atoms with Crippen LogP contribution in [0, 0.1) is 11.3 Å². The van der Waals surface area contributed by atoms with Gasteiger partial charge in [-0.15, -0.1) is 0 Å².